The maximum Gasteiger partial charge on any atom is 0.412 e. The van der Waals surface area contributed by atoms with Crippen LogP contribution in [0, 0.1) is 17.5 Å². The van der Waals surface area contributed by atoms with Gasteiger partial charge in [-0.15, -0.1) is 0 Å². The Balaban J connectivity index is 1.86. The van der Waals surface area contributed by atoms with E-state index in [-0.39, 0.29) is 23.5 Å². The molecule has 0 radical (unpaired) electrons. The first-order valence-electron chi connectivity index (χ1n) is 9.47. The summed E-state index contributed by atoms with van der Waals surface area (Å²) in [6.45, 7) is 2.07. The van der Waals surface area contributed by atoms with E-state index in [1.807, 2.05) is 24.3 Å². The van der Waals surface area contributed by atoms with Crippen LogP contribution in [0.4, 0.5) is 26.3 Å². The van der Waals surface area contributed by atoms with Gasteiger partial charge in [0.2, 0.25) is 0 Å². The minimum atomic E-state index is -4.69. The number of allylic oxidation sites excluding steroid dienone is 1. The summed E-state index contributed by atoms with van der Waals surface area (Å²) in [4.78, 5) is 0. The molecule has 0 bridgehead atoms. The molecule has 3 aromatic carbocycles. The molecule has 0 fully saturated rings. The third-order valence-electron chi connectivity index (χ3n) is 4.55. The lowest BCUT2D eigenvalue weighted by molar-refractivity contribution is -0.0809. The first kappa shape index (κ1) is 22.5. The predicted octanol–water partition coefficient (Wildman–Crippen LogP) is 7.85. The highest BCUT2D eigenvalue weighted by Gasteiger charge is 2.23. The first-order chi connectivity index (χ1) is 14.7. The van der Waals surface area contributed by atoms with Crippen molar-refractivity contribution >= 4 is 0 Å². The zero-order chi connectivity index (χ0) is 22.6. The number of aryl methyl sites for hydroxylation is 1. The fourth-order valence-corrected chi connectivity index (χ4v) is 3.09. The summed E-state index contributed by atoms with van der Waals surface area (Å²) >= 11 is 0. The number of benzene rings is 3. The van der Waals surface area contributed by atoms with Crippen LogP contribution in [0.2, 0.25) is 0 Å². The Morgan fingerprint density at radius 2 is 1.35 bits per heavy atom. The molecule has 0 heterocycles. The molecule has 0 aliphatic heterocycles. The number of rotatable bonds is 6. The fourth-order valence-electron chi connectivity index (χ4n) is 3.09. The molecule has 1 nitrogen and oxygen atoms in total. The summed E-state index contributed by atoms with van der Waals surface area (Å²) in [6, 6.07) is 13.6. The van der Waals surface area contributed by atoms with Crippen LogP contribution >= 0.6 is 0 Å². The molecule has 31 heavy (non-hydrogen) atoms. The Morgan fingerprint density at radius 3 is 1.90 bits per heavy atom. The average Bonchev–Trinajstić information content (AvgIpc) is 2.70. The molecule has 3 rings (SSSR count). The van der Waals surface area contributed by atoms with Crippen molar-refractivity contribution in [3.63, 3.8) is 0 Å². The lowest BCUT2D eigenvalue weighted by atomic mass is 9.98. The SMILES string of the molecule is CCCc1ccc(-c2ccc(-c3cc(F)c(O/C=C/C(F)(F)F)c(F)c3)c(F)c2)cc1. The molecule has 0 aliphatic rings. The van der Waals surface area contributed by atoms with E-state index in [2.05, 4.69) is 11.7 Å². The molecule has 0 spiro atoms. The Morgan fingerprint density at radius 1 is 0.774 bits per heavy atom. The van der Waals surface area contributed by atoms with Gasteiger partial charge in [0.05, 0.1) is 12.3 Å². The molecule has 0 saturated heterocycles. The highest BCUT2D eigenvalue weighted by atomic mass is 19.4. The average molecular weight is 436 g/mol. The molecule has 0 saturated carbocycles. The van der Waals surface area contributed by atoms with Crippen molar-refractivity contribution in [3.05, 3.63) is 90.0 Å². The van der Waals surface area contributed by atoms with Crippen molar-refractivity contribution in [2.45, 2.75) is 25.9 Å². The van der Waals surface area contributed by atoms with Crippen LogP contribution in [0.15, 0.2) is 66.9 Å². The maximum absolute atomic E-state index is 14.7. The third-order valence-corrected chi connectivity index (χ3v) is 4.55. The number of hydrogen-bond donors (Lipinski definition) is 0. The highest BCUT2D eigenvalue weighted by molar-refractivity contribution is 5.71. The van der Waals surface area contributed by atoms with E-state index >= 15 is 0 Å². The molecular weight excluding hydrogens is 418 g/mol. The molecule has 162 valence electrons. The lowest BCUT2D eigenvalue weighted by Gasteiger charge is -2.10. The predicted molar refractivity (Wildman–Crippen MR) is 107 cm³/mol. The molecule has 3 aromatic rings. The van der Waals surface area contributed by atoms with Crippen LogP contribution in [0.5, 0.6) is 5.75 Å². The van der Waals surface area contributed by atoms with E-state index in [4.69, 9.17) is 0 Å². The van der Waals surface area contributed by atoms with Crippen molar-refractivity contribution in [2.75, 3.05) is 0 Å². The van der Waals surface area contributed by atoms with Gasteiger partial charge in [-0.3, -0.25) is 0 Å². The molecule has 0 aliphatic carbocycles. The van der Waals surface area contributed by atoms with Crippen LogP contribution < -0.4 is 4.74 Å². The zero-order valence-corrected chi connectivity index (χ0v) is 16.4. The standard InChI is InChI=1S/C24H18F6O/c1-2-3-15-4-6-16(7-5-15)17-8-9-19(20(25)12-17)18-13-21(26)23(22(27)14-18)31-11-10-24(28,29)30/h4-14H,2-3H2,1H3/b11-10+. The third kappa shape index (κ3) is 5.69. The quantitative estimate of drug-likeness (QED) is 0.282. The Hall–Kier alpha value is -3.22. The van der Waals surface area contributed by atoms with E-state index in [1.54, 1.807) is 6.07 Å². The Bertz CT molecular complexity index is 1060. The minimum Gasteiger partial charge on any atom is -0.459 e. The summed E-state index contributed by atoms with van der Waals surface area (Å²) < 4.78 is 83.8. The second kappa shape index (κ2) is 9.29. The van der Waals surface area contributed by atoms with Crippen molar-refractivity contribution < 1.29 is 31.1 Å². The van der Waals surface area contributed by atoms with Crippen molar-refractivity contribution in [3.8, 4) is 28.0 Å². The largest absolute Gasteiger partial charge is 0.459 e. The second-order valence-electron chi connectivity index (χ2n) is 6.87. The fraction of sp³-hybridized carbons (Fsp3) is 0.167. The highest BCUT2D eigenvalue weighted by Crippen LogP contribution is 2.33. The summed E-state index contributed by atoms with van der Waals surface area (Å²) in [7, 11) is 0. The van der Waals surface area contributed by atoms with Gasteiger partial charge < -0.3 is 4.74 Å². The molecule has 0 atom stereocenters. The molecule has 0 amide bonds. The van der Waals surface area contributed by atoms with E-state index < -0.39 is 29.4 Å². The van der Waals surface area contributed by atoms with Gasteiger partial charge in [-0.25, -0.2) is 13.2 Å². The summed E-state index contributed by atoms with van der Waals surface area (Å²) in [6.07, 6.45) is -2.89. The van der Waals surface area contributed by atoms with E-state index in [9.17, 15) is 26.3 Å². The smallest absolute Gasteiger partial charge is 0.412 e. The van der Waals surface area contributed by atoms with Crippen molar-refractivity contribution in [1.29, 1.82) is 0 Å². The summed E-state index contributed by atoms with van der Waals surface area (Å²) in [5.74, 6) is -4.21. The topological polar surface area (TPSA) is 9.23 Å². The molecule has 7 heteroatoms. The summed E-state index contributed by atoms with van der Waals surface area (Å²) in [5, 5.41) is 0. The van der Waals surface area contributed by atoms with Crippen LogP contribution in [0.25, 0.3) is 22.3 Å². The zero-order valence-electron chi connectivity index (χ0n) is 16.4. The maximum atomic E-state index is 14.7. The van der Waals surface area contributed by atoms with Crippen LogP contribution in [0.1, 0.15) is 18.9 Å². The number of hydrogen-bond acceptors (Lipinski definition) is 1. The molecular formula is C24H18F6O. The molecule has 0 unspecified atom stereocenters. The molecule has 0 N–H and O–H groups in total. The Kier molecular flexibility index (Phi) is 6.73. The van der Waals surface area contributed by atoms with Crippen LogP contribution in [0.3, 0.4) is 0 Å². The second-order valence-corrected chi connectivity index (χ2v) is 6.87. The number of alkyl halides is 3. The van der Waals surface area contributed by atoms with Gasteiger partial charge >= 0.3 is 6.18 Å². The molecule has 0 aromatic heterocycles. The van der Waals surface area contributed by atoms with Gasteiger partial charge in [-0.05, 0) is 46.9 Å². The van der Waals surface area contributed by atoms with Gasteiger partial charge in [0.1, 0.15) is 5.82 Å². The van der Waals surface area contributed by atoms with Crippen molar-refractivity contribution in [1.82, 2.24) is 0 Å². The van der Waals surface area contributed by atoms with E-state index in [0.717, 1.165) is 30.5 Å². The van der Waals surface area contributed by atoms with E-state index in [0.29, 0.717) is 5.56 Å². The van der Waals surface area contributed by atoms with E-state index in [1.165, 1.54) is 17.7 Å². The number of ether oxygens (including phenoxy) is 1. The lowest BCUT2D eigenvalue weighted by Crippen LogP contribution is -2.02. The van der Waals surface area contributed by atoms with Crippen molar-refractivity contribution in [2.24, 2.45) is 0 Å². The minimum absolute atomic E-state index is 0.0541. The van der Waals surface area contributed by atoms with Crippen LogP contribution in [-0.4, -0.2) is 6.18 Å². The Labute approximate surface area is 175 Å². The van der Waals surface area contributed by atoms with Gasteiger partial charge in [0.15, 0.2) is 17.4 Å². The van der Waals surface area contributed by atoms with Gasteiger partial charge in [0.25, 0.3) is 0 Å². The summed E-state index contributed by atoms with van der Waals surface area (Å²) in [5.41, 5.74) is 2.40. The van der Waals surface area contributed by atoms with Gasteiger partial charge in [0, 0.05) is 5.56 Å². The monoisotopic (exact) mass is 436 g/mol. The normalized spacial score (nSPS) is 11.8. The van der Waals surface area contributed by atoms with Crippen LogP contribution in [-0.2, 0) is 6.42 Å². The first-order valence-corrected chi connectivity index (χ1v) is 9.47. The van der Waals surface area contributed by atoms with Gasteiger partial charge in [-0.2, -0.15) is 13.2 Å². The van der Waals surface area contributed by atoms with Gasteiger partial charge in [-0.1, -0.05) is 49.7 Å². The number of halogens is 6.